The Morgan fingerprint density at radius 1 is 1.24 bits per heavy atom. The van der Waals surface area contributed by atoms with Crippen molar-refractivity contribution in [1.82, 2.24) is 0 Å². The van der Waals surface area contributed by atoms with Gasteiger partial charge in [0.05, 0.1) is 12.0 Å². The summed E-state index contributed by atoms with van der Waals surface area (Å²) < 4.78 is 5.41. The molecular weight excluding hydrogens is 232 g/mol. The summed E-state index contributed by atoms with van der Waals surface area (Å²) in [5.74, 6) is 0.866. The SMILES string of the molecule is COc1ccccc1C1(Cl)C=CCC(C)(C)C1. The summed E-state index contributed by atoms with van der Waals surface area (Å²) >= 11 is 6.80. The summed E-state index contributed by atoms with van der Waals surface area (Å²) in [5, 5.41) is 0. The van der Waals surface area contributed by atoms with Gasteiger partial charge in [-0.05, 0) is 24.3 Å². The molecule has 0 radical (unpaired) electrons. The Bertz CT molecular complexity index is 436. The predicted octanol–water partition coefficient (Wildman–Crippen LogP) is 4.51. The number of hydrogen-bond donors (Lipinski definition) is 0. The molecule has 0 fully saturated rings. The van der Waals surface area contributed by atoms with Gasteiger partial charge in [-0.2, -0.15) is 0 Å². The zero-order valence-corrected chi connectivity index (χ0v) is 11.4. The lowest BCUT2D eigenvalue weighted by atomic mass is 9.73. The van der Waals surface area contributed by atoms with E-state index in [1.54, 1.807) is 7.11 Å². The van der Waals surface area contributed by atoms with Crippen LogP contribution in [0.1, 0.15) is 32.3 Å². The highest BCUT2D eigenvalue weighted by Crippen LogP contribution is 2.49. The van der Waals surface area contributed by atoms with E-state index in [0.717, 1.165) is 24.2 Å². The lowest BCUT2D eigenvalue weighted by molar-refractivity contribution is 0.290. The van der Waals surface area contributed by atoms with Crippen LogP contribution in [0.5, 0.6) is 5.75 Å². The Kier molecular flexibility index (Phi) is 3.22. The van der Waals surface area contributed by atoms with Crippen LogP contribution in [0.25, 0.3) is 0 Å². The molecule has 0 saturated heterocycles. The first-order valence-corrected chi connectivity index (χ1v) is 6.35. The van der Waals surface area contributed by atoms with Crippen LogP contribution in [0.2, 0.25) is 0 Å². The van der Waals surface area contributed by atoms with Gasteiger partial charge in [-0.15, -0.1) is 11.6 Å². The molecule has 1 aliphatic rings. The minimum absolute atomic E-state index is 0.233. The fraction of sp³-hybridized carbons (Fsp3) is 0.467. The van der Waals surface area contributed by atoms with E-state index in [1.807, 2.05) is 18.2 Å². The van der Waals surface area contributed by atoms with Crippen molar-refractivity contribution < 1.29 is 4.74 Å². The standard InChI is InChI=1S/C15H19ClO/c1-14(2)9-6-10-15(16,11-14)12-7-4-5-8-13(12)17-3/h4-8,10H,9,11H2,1-3H3. The first kappa shape index (κ1) is 12.5. The highest BCUT2D eigenvalue weighted by Gasteiger charge is 2.38. The third-order valence-corrected chi connectivity index (χ3v) is 3.81. The number of hydrogen-bond acceptors (Lipinski definition) is 1. The molecule has 0 aromatic heterocycles. The molecule has 1 aromatic rings. The van der Waals surface area contributed by atoms with E-state index in [0.29, 0.717) is 0 Å². The summed E-state index contributed by atoms with van der Waals surface area (Å²) in [7, 11) is 1.69. The van der Waals surface area contributed by atoms with E-state index in [9.17, 15) is 0 Å². The second-order valence-electron chi connectivity index (χ2n) is 5.51. The van der Waals surface area contributed by atoms with Gasteiger partial charge in [0.1, 0.15) is 5.75 Å². The van der Waals surface area contributed by atoms with Crippen LogP contribution >= 0.6 is 11.6 Å². The molecule has 1 nitrogen and oxygen atoms in total. The van der Waals surface area contributed by atoms with E-state index in [2.05, 4.69) is 32.1 Å². The lowest BCUT2D eigenvalue weighted by Crippen LogP contribution is -2.29. The molecule has 1 atom stereocenters. The van der Waals surface area contributed by atoms with Crippen LogP contribution in [-0.4, -0.2) is 7.11 Å². The highest BCUT2D eigenvalue weighted by molar-refractivity contribution is 6.25. The zero-order chi connectivity index (χ0) is 12.5. The fourth-order valence-electron chi connectivity index (χ4n) is 2.57. The molecule has 0 bridgehead atoms. The third kappa shape index (κ3) is 2.50. The van der Waals surface area contributed by atoms with Gasteiger partial charge in [0, 0.05) is 5.56 Å². The van der Waals surface area contributed by atoms with Crippen molar-refractivity contribution in [2.24, 2.45) is 5.41 Å². The van der Waals surface area contributed by atoms with Crippen molar-refractivity contribution in [3.63, 3.8) is 0 Å². The second kappa shape index (κ2) is 4.38. The molecule has 0 saturated carbocycles. The van der Waals surface area contributed by atoms with Gasteiger partial charge >= 0.3 is 0 Å². The van der Waals surface area contributed by atoms with Gasteiger partial charge in [0.15, 0.2) is 0 Å². The Balaban J connectivity index is 2.44. The van der Waals surface area contributed by atoms with E-state index < -0.39 is 4.87 Å². The molecule has 17 heavy (non-hydrogen) atoms. The number of ether oxygens (including phenoxy) is 1. The van der Waals surface area contributed by atoms with E-state index in [1.165, 1.54) is 0 Å². The summed E-state index contributed by atoms with van der Waals surface area (Å²) in [4.78, 5) is -0.436. The fourth-order valence-corrected chi connectivity index (χ4v) is 3.17. The molecule has 0 amide bonds. The van der Waals surface area contributed by atoms with Crippen LogP contribution in [0.3, 0.4) is 0 Å². The average molecular weight is 251 g/mol. The van der Waals surface area contributed by atoms with Crippen molar-refractivity contribution in [1.29, 1.82) is 0 Å². The number of halogens is 1. The summed E-state index contributed by atoms with van der Waals surface area (Å²) in [5.41, 5.74) is 1.30. The van der Waals surface area contributed by atoms with Crippen molar-refractivity contribution in [2.75, 3.05) is 7.11 Å². The number of methoxy groups -OCH3 is 1. The molecule has 1 aromatic carbocycles. The van der Waals surface area contributed by atoms with Crippen molar-refractivity contribution in [2.45, 2.75) is 31.6 Å². The Morgan fingerprint density at radius 2 is 1.94 bits per heavy atom. The largest absolute Gasteiger partial charge is 0.496 e. The van der Waals surface area contributed by atoms with Gasteiger partial charge in [-0.1, -0.05) is 44.2 Å². The molecular formula is C15H19ClO. The van der Waals surface area contributed by atoms with Gasteiger partial charge in [-0.25, -0.2) is 0 Å². The normalized spacial score (nSPS) is 26.8. The second-order valence-corrected chi connectivity index (χ2v) is 6.18. The Labute approximate surface area is 108 Å². The van der Waals surface area contributed by atoms with Crippen LogP contribution in [0.15, 0.2) is 36.4 Å². The maximum Gasteiger partial charge on any atom is 0.124 e. The number of benzene rings is 1. The number of alkyl halides is 1. The molecule has 0 N–H and O–H groups in total. The minimum Gasteiger partial charge on any atom is -0.496 e. The Hall–Kier alpha value is -0.950. The van der Waals surface area contributed by atoms with Crippen molar-refractivity contribution >= 4 is 11.6 Å². The summed E-state index contributed by atoms with van der Waals surface area (Å²) in [6, 6.07) is 8.00. The number of para-hydroxylation sites is 1. The van der Waals surface area contributed by atoms with E-state index in [4.69, 9.17) is 16.3 Å². The van der Waals surface area contributed by atoms with Crippen LogP contribution in [0, 0.1) is 5.41 Å². The molecule has 0 heterocycles. The van der Waals surface area contributed by atoms with E-state index >= 15 is 0 Å². The topological polar surface area (TPSA) is 9.23 Å². The number of allylic oxidation sites excluding steroid dienone is 2. The summed E-state index contributed by atoms with van der Waals surface area (Å²) in [6.45, 7) is 4.51. The molecule has 2 heteroatoms. The van der Waals surface area contributed by atoms with Crippen molar-refractivity contribution in [3.8, 4) is 5.75 Å². The maximum atomic E-state index is 6.80. The predicted molar refractivity (Wildman–Crippen MR) is 72.7 cm³/mol. The molecule has 0 spiro atoms. The zero-order valence-electron chi connectivity index (χ0n) is 10.7. The minimum atomic E-state index is -0.436. The third-order valence-electron chi connectivity index (χ3n) is 3.34. The monoisotopic (exact) mass is 250 g/mol. The van der Waals surface area contributed by atoms with Crippen LogP contribution in [0.4, 0.5) is 0 Å². The van der Waals surface area contributed by atoms with Crippen LogP contribution < -0.4 is 4.74 Å². The first-order valence-electron chi connectivity index (χ1n) is 5.97. The van der Waals surface area contributed by atoms with Crippen molar-refractivity contribution in [3.05, 3.63) is 42.0 Å². The van der Waals surface area contributed by atoms with Crippen LogP contribution in [-0.2, 0) is 4.87 Å². The molecule has 1 unspecified atom stereocenters. The average Bonchev–Trinajstić information content (AvgIpc) is 2.27. The van der Waals surface area contributed by atoms with Gasteiger partial charge in [-0.3, -0.25) is 0 Å². The molecule has 1 aliphatic carbocycles. The van der Waals surface area contributed by atoms with Gasteiger partial charge in [0.25, 0.3) is 0 Å². The first-order chi connectivity index (χ1) is 7.97. The number of rotatable bonds is 2. The quantitative estimate of drug-likeness (QED) is 0.555. The van der Waals surface area contributed by atoms with E-state index in [-0.39, 0.29) is 5.41 Å². The maximum absolute atomic E-state index is 6.80. The lowest BCUT2D eigenvalue weighted by Gasteiger charge is -2.37. The summed E-state index contributed by atoms with van der Waals surface area (Å²) in [6.07, 6.45) is 6.30. The molecule has 0 aliphatic heterocycles. The molecule has 92 valence electrons. The van der Waals surface area contributed by atoms with Gasteiger partial charge in [0.2, 0.25) is 0 Å². The Morgan fingerprint density at radius 3 is 2.59 bits per heavy atom. The van der Waals surface area contributed by atoms with Gasteiger partial charge < -0.3 is 4.74 Å². The molecule has 2 rings (SSSR count). The smallest absolute Gasteiger partial charge is 0.124 e. The highest BCUT2D eigenvalue weighted by atomic mass is 35.5.